The maximum Gasteiger partial charge on any atom is 0.135 e. The summed E-state index contributed by atoms with van der Waals surface area (Å²) in [6.45, 7) is 2.84. The number of pyridine rings is 1. The third kappa shape index (κ3) is 3.84. The summed E-state index contributed by atoms with van der Waals surface area (Å²) >= 11 is 0. The lowest BCUT2D eigenvalue weighted by Gasteiger charge is -2.08. The van der Waals surface area contributed by atoms with Crippen molar-refractivity contribution in [1.29, 1.82) is 0 Å². The maximum absolute atomic E-state index is 5.79. The summed E-state index contributed by atoms with van der Waals surface area (Å²) in [7, 11) is 0. The number of nitrogens with zero attached hydrogens (tertiary/aromatic N) is 1. The first-order chi connectivity index (χ1) is 9.29. The standard InChI is InChI=1S/C16H16N2O/c1-13-9-14(11-18-10-13)12-19-16-7-3-2-5-15(16)6-4-8-17/h2-3,5,7,9-11H,8,12,17H2,1H3. The van der Waals surface area contributed by atoms with E-state index in [0.717, 1.165) is 22.4 Å². The minimum atomic E-state index is 0.343. The molecule has 0 fully saturated rings. The molecule has 0 bridgehead atoms. The van der Waals surface area contributed by atoms with Crippen molar-refractivity contribution in [2.24, 2.45) is 5.73 Å². The van der Waals surface area contributed by atoms with Crippen LogP contribution in [0.5, 0.6) is 5.75 Å². The predicted molar refractivity (Wildman–Crippen MR) is 75.7 cm³/mol. The minimum Gasteiger partial charge on any atom is -0.488 e. The summed E-state index contributed by atoms with van der Waals surface area (Å²) in [5.41, 5.74) is 8.41. The number of para-hydroxylation sites is 1. The fourth-order valence-electron chi connectivity index (χ4n) is 1.70. The average molecular weight is 252 g/mol. The van der Waals surface area contributed by atoms with E-state index in [0.29, 0.717) is 13.2 Å². The van der Waals surface area contributed by atoms with Crippen molar-refractivity contribution in [2.75, 3.05) is 6.54 Å². The Bertz CT molecular complexity index is 611. The van der Waals surface area contributed by atoms with Crippen LogP contribution in [0.25, 0.3) is 0 Å². The van der Waals surface area contributed by atoms with Gasteiger partial charge in [-0.1, -0.05) is 24.0 Å². The summed E-state index contributed by atoms with van der Waals surface area (Å²) in [5.74, 6) is 6.61. The average Bonchev–Trinajstić information content (AvgIpc) is 2.44. The lowest BCUT2D eigenvalue weighted by atomic mass is 10.2. The highest BCUT2D eigenvalue weighted by Gasteiger charge is 2.01. The van der Waals surface area contributed by atoms with Crippen molar-refractivity contribution in [3.63, 3.8) is 0 Å². The highest BCUT2D eigenvalue weighted by Crippen LogP contribution is 2.18. The highest BCUT2D eigenvalue weighted by atomic mass is 16.5. The monoisotopic (exact) mass is 252 g/mol. The molecule has 0 aliphatic rings. The molecule has 0 aliphatic heterocycles. The van der Waals surface area contributed by atoms with Crippen LogP contribution < -0.4 is 10.5 Å². The van der Waals surface area contributed by atoms with E-state index >= 15 is 0 Å². The third-order valence-corrected chi connectivity index (χ3v) is 2.54. The summed E-state index contributed by atoms with van der Waals surface area (Å²) in [5, 5.41) is 0. The summed E-state index contributed by atoms with van der Waals surface area (Å²) in [6.07, 6.45) is 3.63. The highest BCUT2D eigenvalue weighted by molar-refractivity contribution is 5.46. The molecule has 1 aromatic heterocycles. The molecule has 2 rings (SSSR count). The van der Waals surface area contributed by atoms with Gasteiger partial charge in [-0.05, 0) is 30.7 Å². The quantitative estimate of drug-likeness (QED) is 0.852. The molecule has 0 aliphatic carbocycles. The van der Waals surface area contributed by atoms with E-state index in [-0.39, 0.29) is 0 Å². The third-order valence-electron chi connectivity index (χ3n) is 2.54. The van der Waals surface area contributed by atoms with Crippen LogP contribution in [0.15, 0.2) is 42.7 Å². The molecule has 0 amide bonds. The Hall–Kier alpha value is -2.31. The Morgan fingerprint density at radius 3 is 2.89 bits per heavy atom. The molecule has 19 heavy (non-hydrogen) atoms. The van der Waals surface area contributed by atoms with E-state index < -0.39 is 0 Å². The molecule has 0 saturated carbocycles. The molecule has 0 saturated heterocycles. The molecule has 0 unspecified atom stereocenters. The van der Waals surface area contributed by atoms with Crippen molar-refractivity contribution >= 4 is 0 Å². The van der Waals surface area contributed by atoms with Gasteiger partial charge >= 0.3 is 0 Å². The van der Waals surface area contributed by atoms with E-state index in [4.69, 9.17) is 10.5 Å². The number of aromatic nitrogens is 1. The van der Waals surface area contributed by atoms with Gasteiger partial charge in [0, 0.05) is 18.0 Å². The fourth-order valence-corrected chi connectivity index (χ4v) is 1.70. The Morgan fingerprint density at radius 2 is 2.11 bits per heavy atom. The van der Waals surface area contributed by atoms with E-state index in [1.165, 1.54) is 0 Å². The van der Waals surface area contributed by atoms with Crippen LogP contribution in [0.4, 0.5) is 0 Å². The lowest BCUT2D eigenvalue weighted by molar-refractivity contribution is 0.305. The van der Waals surface area contributed by atoms with Crippen LogP contribution in [0.3, 0.4) is 0 Å². The number of aryl methyl sites for hydroxylation is 1. The van der Waals surface area contributed by atoms with Gasteiger partial charge < -0.3 is 10.5 Å². The second kappa shape index (κ2) is 6.58. The van der Waals surface area contributed by atoms with Crippen molar-refractivity contribution in [3.05, 3.63) is 59.4 Å². The maximum atomic E-state index is 5.79. The molecule has 96 valence electrons. The first-order valence-corrected chi connectivity index (χ1v) is 6.11. The van der Waals surface area contributed by atoms with Gasteiger partial charge in [0.15, 0.2) is 0 Å². The first kappa shape index (κ1) is 13.1. The number of hydrogen-bond acceptors (Lipinski definition) is 3. The Kier molecular flexibility index (Phi) is 4.54. The van der Waals surface area contributed by atoms with Crippen molar-refractivity contribution in [1.82, 2.24) is 4.98 Å². The summed E-state index contributed by atoms with van der Waals surface area (Å²) in [4.78, 5) is 4.14. The zero-order valence-corrected chi connectivity index (χ0v) is 10.9. The van der Waals surface area contributed by atoms with Gasteiger partial charge in [-0.3, -0.25) is 4.98 Å². The van der Waals surface area contributed by atoms with Gasteiger partial charge in [0.25, 0.3) is 0 Å². The van der Waals surface area contributed by atoms with Gasteiger partial charge in [0.05, 0.1) is 12.1 Å². The van der Waals surface area contributed by atoms with Crippen LogP contribution in [-0.2, 0) is 6.61 Å². The fraction of sp³-hybridized carbons (Fsp3) is 0.188. The number of nitrogens with two attached hydrogens (primary N) is 1. The predicted octanol–water partition coefficient (Wildman–Crippen LogP) is 2.28. The number of rotatable bonds is 3. The Morgan fingerprint density at radius 1 is 1.26 bits per heavy atom. The molecule has 3 heteroatoms. The zero-order valence-electron chi connectivity index (χ0n) is 10.9. The molecule has 2 aromatic rings. The van der Waals surface area contributed by atoms with E-state index in [1.54, 1.807) is 6.20 Å². The largest absolute Gasteiger partial charge is 0.488 e. The Balaban J connectivity index is 2.11. The van der Waals surface area contributed by atoms with Crippen LogP contribution in [0.1, 0.15) is 16.7 Å². The molecule has 0 radical (unpaired) electrons. The molecule has 1 aromatic carbocycles. The van der Waals surface area contributed by atoms with E-state index in [9.17, 15) is 0 Å². The van der Waals surface area contributed by atoms with Gasteiger partial charge in [-0.15, -0.1) is 0 Å². The smallest absolute Gasteiger partial charge is 0.135 e. The second-order valence-corrected chi connectivity index (χ2v) is 4.16. The second-order valence-electron chi connectivity index (χ2n) is 4.16. The van der Waals surface area contributed by atoms with E-state index in [2.05, 4.69) is 22.9 Å². The summed E-state index contributed by atoms with van der Waals surface area (Å²) < 4.78 is 5.79. The normalized spacial score (nSPS) is 9.58. The summed E-state index contributed by atoms with van der Waals surface area (Å²) in [6, 6.07) is 9.75. The van der Waals surface area contributed by atoms with Crippen LogP contribution >= 0.6 is 0 Å². The molecule has 2 N–H and O–H groups in total. The molecule has 1 heterocycles. The molecular weight excluding hydrogens is 236 g/mol. The van der Waals surface area contributed by atoms with Gasteiger partial charge in [0.1, 0.15) is 12.4 Å². The number of benzene rings is 1. The molecular formula is C16H16N2O. The van der Waals surface area contributed by atoms with Crippen molar-refractivity contribution < 1.29 is 4.74 Å². The molecule has 3 nitrogen and oxygen atoms in total. The number of ether oxygens (including phenoxy) is 1. The number of hydrogen-bond donors (Lipinski definition) is 1. The van der Waals surface area contributed by atoms with Crippen LogP contribution in [0, 0.1) is 18.8 Å². The van der Waals surface area contributed by atoms with Crippen molar-refractivity contribution in [3.8, 4) is 17.6 Å². The zero-order chi connectivity index (χ0) is 13.5. The van der Waals surface area contributed by atoms with Gasteiger partial charge in [-0.25, -0.2) is 0 Å². The Labute approximate surface area is 113 Å². The van der Waals surface area contributed by atoms with Crippen molar-refractivity contribution in [2.45, 2.75) is 13.5 Å². The minimum absolute atomic E-state index is 0.343. The molecule has 0 atom stereocenters. The lowest BCUT2D eigenvalue weighted by Crippen LogP contribution is -1.98. The van der Waals surface area contributed by atoms with Crippen LogP contribution in [0.2, 0.25) is 0 Å². The SMILES string of the molecule is Cc1cncc(COc2ccccc2C#CCN)c1. The molecule has 0 spiro atoms. The van der Waals surface area contributed by atoms with E-state index in [1.807, 2.05) is 37.4 Å². The van der Waals surface area contributed by atoms with Gasteiger partial charge in [0.2, 0.25) is 0 Å². The van der Waals surface area contributed by atoms with Crippen LogP contribution in [-0.4, -0.2) is 11.5 Å². The first-order valence-electron chi connectivity index (χ1n) is 6.11. The topological polar surface area (TPSA) is 48.1 Å². The van der Waals surface area contributed by atoms with Gasteiger partial charge in [-0.2, -0.15) is 0 Å².